The summed E-state index contributed by atoms with van der Waals surface area (Å²) in [6, 6.07) is 0. The van der Waals surface area contributed by atoms with Gasteiger partial charge in [0.05, 0.1) is 6.42 Å². The van der Waals surface area contributed by atoms with Crippen LogP contribution in [0.4, 0.5) is 0 Å². The van der Waals surface area contributed by atoms with Gasteiger partial charge in [0.1, 0.15) is 0 Å². The Morgan fingerprint density at radius 3 is 1.74 bits per heavy atom. The Kier molecular flexibility index (Phi) is 12.0. The monoisotopic (exact) mass is 370 g/mol. The van der Waals surface area contributed by atoms with Gasteiger partial charge in [-0.3, -0.25) is 14.1 Å². The quantitative estimate of drug-likeness (QED) is 0.331. The van der Waals surface area contributed by atoms with Crippen molar-refractivity contribution in [1.82, 2.24) is 0 Å². The smallest absolute Gasteiger partial charge is 0.325 e. The first-order valence-corrected chi connectivity index (χ1v) is 9.98. The van der Waals surface area contributed by atoms with E-state index in [2.05, 4.69) is 13.2 Å². The molecule has 0 aliphatic heterocycles. The molecule has 19 heavy (non-hydrogen) atoms. The molecule has 0 heterocycles. The molecule has 0 aliphatic rings. The van der Waals surface area contributed by atoms with Gasteiger partial charge in [0.2, 0.25) is 0 Å². The molecule has 1 atom stereocenters. The fourth-order valence-corrected chi connectivity index (χ4v) is 2.79. The van der Waals surface area contributed by atoms with E-state index in [-0.39, 0.29) is 23.2 Å². The summed E-state index contributed by atoms with van der Waals surface area (Å²) in [7, 11) is -4.84. The second-order valence-electron chi connectivity index (χ2n) is 3.18. The molecule has 1 unspecified atom stereocenters. The van der Waals surface area contributed by atoms with Crippen LogP contribution in [0.5, 0.6) is 0 Å². The summed E-state index contributed by atoms with van der Waals surface area (Å²) >= 11 is -0.0547. The Balaban J connectivity index is 0. The van der Waals surface area contributed by atoms with Crippen molar-refractivity contribution in [1.29, 1.82) is 0 Å². The zero-order valence-electron chi connectivity index (χ0n) is 10.2. The molecule has 0 bridgehead atoms. The molecule has 0 saturated carbocycles. The average molecular weight is 372 g/mol. The topological polar surface area (TPSA) is 129 Å². The molecule has 9 heteroatoms. The van der Waals surface area contributed by atoms with E-state index in [9.17, 15) is 18.0 Å². The van der Waals surface area contributed by atoms with Crippen LogP contribution in [0.25, 0.3) is 0 Å². The number of carboxylic acid groups (broad SMARTS) is 2. The Morgan fingerprint density at radius 2 is 1.58 bits per heavy atom. The maximum absolute atomic E-state index is 10.2. The molecule has 0 spiro atoms. The third-order valence-corrected chi connectivity index (χ3v) is 5.50. The first-order valence-electron chi connectivity index (χ1n) is 5.00. The zero-order chi connectivity index (χ0) is 15.5. The predicted octanol–water partition coefficient (Wildman–Crippen LogP) is 1.08. The molecule has 0 rings (SSSR count). The minimum Gasteiger partial charge on any atom is -0.481 e. The van der Waals surface area contributed by atoms with Gasteiger partial charge >= 0.3 is 68.7 Å². The number of rotatable bonds is 8. The van der Waals surface area contributed by atoms with Crippen LogP contribution in [0.1, 0.15) is 6.42 Å². The summed E-state index contributed by atoms with van der Waals surface area (Å²) in [5, 5.41) is 13.9. The maximum atomic E-state index is 10.2. The molecular formula is C10H16O7SZr. The van der Waals surface area contributed by atoms with Gasteiger partial charge in [-0.25, -0.2) is 0 Å². The van der Waals surface area contributed by atoms with Crippen molar-refractivity contribution in [2.24, 2.45) is 0 Å². The van der Waals surface area contributed by atoms with Gasteiger partial charge in [-0.2, -0.15) is 8.42 Å². The van der Waals surface area contributed by atoms with Crippen LogP contribution < -0.4 is 0 Å². The van der Waals surface area contributed by atoms with E-state index < -0.39 is 33.7 Å². The second-order valence-corrected chi connectivity index (χ2v) is 8.01. The van der Waals surface area contributed by atoms with E-state index in [1.165, 1.54) is 8.26 Å². The van der Waals surface area contributed by atoms with E-state index >= 15 is 0 Å². The number of aliphatic carboxylic acids is 2. The summed E-state index contributed by atoms with van der Waals surface area (Å²) in [6.45, 7) is 7.28. The molecule has 0 aromatic heterocycles. The van der Waals surface area contributed by atoms with Gasteiger partial charge in [0.25, 0.3) is 10.1 Å². The van der Waals surface area contributed by atoms with Crippen LogP contribution in [-0.4, -0.2) is 40.4 Å². The fraction of sp³-hybridized carbons (Fsp3) is 0.400. The van der Waals surface area contributed by atoms with E-state index in [0.717, 1.165) is 0 Å². The molecular weight excluding hydrogens is 355 g/mol. The number of hydrogen-bond acceptors (Lipinski definition) is 4. The van der Waals surface area contributed by atoms with Gasteiger partial charge < -0.3 is 10.2 Å². The van der Waals surface area contributed by atoms with Gasteiger partial charge in [-0.05, 0) is 0 Å². The van der Waals surface area contributed by atoms with Crippen LogP contribution in [0, 0.1) is 0 Å². The Hall–Kier alpha value is -0.787. The first-order chi connectivity index (χ1) is 8.66. The molecule has 0 aromatic rings. The molecule has 0 amide bonds. The van der Waals surface area contributed by atoms with Crippen LogP contribution in [0.3, 0.4) is 0 Å². The SMILES string of the molecule is C=C[CH2][Zr][CH2]C=C.O=C(O)CC(C(=O)O)S(=O)(=O)O. The van der Waals surface area contributed by atoms with Gasteiger partial charge in [0, 0.05) is 0 Å². The number of carboxylic acids is 2. The standard InChI is InChI=1S/C4H6O7S.2C3H5.Zr/c5-3(6)1-2(4(7)8)12(9,10)11;2*1-3-2;/h2H,1H2,(H,5,6)(H,7,8)(H,9,10,11);2*3H,1-2H2;. The molecule has 7 nitrogen and oxygen atoms in total. The predicted molar refractivity (Wildman–Crippen MR) is 65.2 cm³/mol. The third kappa shape index (κ3) is 13.4. The summed E-state index contributed by atoms with van der Waals surface area (Å²) < 4.78 is 31.2. The average Bonchev–Trinajstić information content (AvgIpc) is 2.25. The third-order valence-electron chi connectivity index (χ3n) is 1.57. The summed E-state index contributed by atoms with van der Waals surface area (Å²) in [6.07, 6.45) is 2.86. The van der Waals surface area contributed by atoms with Crippen LogP contribution in [0.15, 0.2) is 25.3 Å². The van der Waals surface area contributed by atoms with E-state index in [4.69, 9.17) is 14.8 Å². The van der Waals surface area contributed by atoms with Crippen molar-refractivity contribution in [2.45, 2.75) is 19.9 Å². The molecule has 0 fully saturated rings. The van der Waals surface area contributed by atoms with Crippen molar-refractivity contribution in [3.05, 3.63) is 25.3 Å². The molecule has 108 valence electrons. The minimum absolute atomic E-state index is 0.0547. The zero-order valence-corrected chi connectivity index (χ0v) is 13.4. The summed E-state index contributed by atoms with van der Waals surface area (Å²) in [5.74, 6) is -3.50. The van der Waals surface area contributed by atoms with Crippen molar-refractivity contribution in [2.75, 3.05) is 0 Å². The normalized spacial score (nSPS) is 11.4. The first kappa shape index (κ1) is 20.5. The fourth-order valence-electron chi connectivity index (χ4n) is 0.766. The van der Waals surface area contributed by atoms with E-state index in [1.807, 2.05) is 12.2 Å². The van der Waals surface area contributed by atoms with Crippen molar-refractivity contribution in [3.63, 3.8) is 0 Å². The molecule has 0 saturated heterocycles. The van der Waals surface area contributed by atoms with Crippen molar-refractivity contribution >= 4 is 22.1 Å². The summed E-state index contributed by atoms with van der Waals surface area (Å²) in [4.78, 5) is 20.0. The van der Waals surface area contributed by atoms with Crippen LogP contribution in [0.2, 0.25) is 8.26 Å². The van der Waals surface area contributed by atoms with Gasteiger partial charge in [0.15, 0.2) is 5.25 Å². The summed E-state index contributed by atoms with van der Waals surface area (Å²) in [5.41, 5.74) is 0. The maximum Gasteiger partial charge on any atom is 0.325 e. The van der Waals surface area contributed by atoms with Crippen molar-refractivity contribution in [3.8, 4) is 0 Å². The van der Waals surface area contributed by atoms with Crippen LogP contribution >= 0.6 is 0 Å². The van der Waals surface area contributed by atoms with Crippen molar-refractivity contribution < 1.29 is 56.0 Å². The Labute approximate surface area is 123 Å². The second kappa shape index (κ2) is 11.1. The molecule has 3 N–H and O–H groups in total. The molecule has 0 radical (unpaired) electrons. The molecule has 0 aliphatic carbocycles. The van der Waals surface area contributed by atoms with E-state index in [1.54, 1.807) is 0 Å². The van der Waals surface area contributed by atoms with E-state index in [0.29, 0.717) is 0 Å². The van der Waals surface area contributed by atoms with Gasteiger partial charge in [-0.15, -0.1) is 0 Å². The molecule has 0 aromatic carbocycles. The number of allylic oxidation sites excluding steroid dienone is 2. The Morgan fingerprint density at radius 1 is 1.16 bits per heavy atom. The minimum atomic E-state index is -4.84. The van der Waals surface area contributed by atoms with Gasteiger partial charge in [-0.1, -0.05) is 0 Å². The van der Waals surface area contributed by atoms with Crippen LogP contribution in [-0.2, 0) is 42.9 Å². The number of carbonyl (C=O) groups is 2. The largest absolute Gasteiger partial charge is 0.481 e. The number of hydrogen-bond donors (Lipinski definition) is 3. The Bertz CT molecular complexity index is 408.